The van der Waals surface area contributed by atoms with Gasteiger partial charge in [0.05, 0.1) is 6.67 Å². The standard InChI is InChI=1S/C16H25N3/c1-15-13-18(2)14-19(15)12-6-10-17-11-9-16-7-4-3-5-8-16/h3-5,7-8,13,17H,6,9-12,14H2,1-2H3. The molecular formula is C16H25N3. The molecule has 2 rings (SSSR count). The summed E-state index contributed by atoms with van der Waals surface area (Å²) in [5.74, 6) is 0. The first-order chi connectivity index (χ1) is 9.25. The zero-order valence-electron chi connectivity index (χ0n) is 12.1. The van der Waals surface area contributed by atoms with Crippen molar-refractivity contribution in [3.05, 3.63) is 47.8 Å². The number of benzene rings is 1. The van der Waals surface area contributed by atoms with Crippen LogP contribution in [0.25, 0.3) is 0 Å². The van der Waals surface area contributed by atoms with Crippen LogP contribution in [0.3, 0.4) is 0 Å². The summed E-state index contributed by atoms with van der Waals surface area (Å²) in [6.07, 6.45) is 4.53. The summed E-state index contributed by atoms with van der Waals surface area (Å²) < 4.78 is 0. The van der Waals surface area contributed by atoms with Crippen LogP contribution in [0, 0.1) is 0 Å². The maximum Gasteiger partial charge on any atom is 0.0893 e. The van der Waals surface area contributed by atoms with E-state index < -0.39 is 0 Å². The van der Waals surface area contributed by atoms with Gasteiger partial charge in [0.2, 0.25) is 0 Å². The Morgan fingerprint density at radius 3 is 2.63 bits per heavy atom. The lowest BCUT2D eigenvalue weighted by atomic mass is 10.1. The number of hydrogen-bond acceptors (Lipinski definition) is 3. The molecule has 19 heavy (non-hydrogen) atoms. The minimum absolute atomic E-state index is 1.04. The molecule has 1 aromatic rings. The highest BCUT2D eigenvalue weighted by Crippen LogP contribution is 2.12. The molecule has 1 N–H and O–H groups in total. The summed E-state index contributed by atoms with van der Waals surface area (Å²) in [4.78, 5) is 4.66. The normalized spacial score (nSPS) is 14.9. The third kappa shape index (κ3) is 4.60. The predicted octanol–water partition coefficient (Wildman–Crippen LogP) is 2.28. The summed E-state index contributed by atoms with van der Waals surface area (Å²) in [6.45, 7) is 6.53. The van der Waals surface area contributed by atoms with Crippen molar-refractivity contribution < 1.29 is 0 Å². The molecule has 3 heteroatoms. The molecule has 0 unspecified atom stereocenters. The van der Waals surface area contributed by atoms with Gasteiger partial charge in [0.15, 0.2) is 0 Å². The molecule has 1 aliphatic heterocycles. The van der Waals surface area contributed by atoms with Gasteiger partial charge in [0, 0.05) is 25.5 Å². The molecule has 3 nitrogen and oxygen atoms in total. The van der Waals surface area contributed by atoms with Crippen molar-refractivity contribution in [2.24, 2.45) is 0 Å². The van der Waals surface area contributed by atoms with Crippen molar-refractivity contribution in [1.29, 1.82) is 0 Å². The van der Waals surface area contributed by atoms with E-state index in [-0.39, 0.29) is 0 Å². The van der Waals surface area contributed by atoms with Gasteiger partial charge in [0.1, 0.15) is 0 Å². The lowest BCUT2D eigenvalue weighted by Crippen LogP contribution is -2.28. The number of allylic oxidation sites excluding steroid dienone is 1. The Balaban J connectivity index is 1.52. The molecule has 104 valence electrons. The van der Waals surface area contributed by atoms with Crippen molar-refractivity contribution in [2.75, 3.05) is 33.4 Å². The average Bonchev–Trinajstić information content (AvgIpc) is 2.73. The van der Waals surface area contributed by atoms with Gasteiger partial charge in [-0.3, -0.25) is 0 Å². The fourth-order valence-corrected chi connectivity index (χ4v) is 2.47. The van der Waals surface area contributed by atoms with Gasteiger partial charge in [-0.25, -0.2) is 0 Å². The van der Waals surface area contributed by atoms with Crippen molar-refractivity contribution in [1.82, 2.24) is 15.1 Å². The molecule has 0 saturated carbocycles. The van der Waals surface area contributed by atoms with Gasteiger partial charge in [-0.05, 0) is 38.4 Å². The molecule has 0 fully saturated rings. The van der Waals surface area contributed by atoms with E-state index in [1.165, 1.54) is 17.7 Å². The fraction of sp³-hybridized carbons (Fsp3) is 0.500. The van der Waals surface area contributed by atoms with Crippen LogP contribution in [0.1, 0.15) is 18.9 Å². The monoisotopic (exact) mass is 259 g/mol. The highest BCUT2D eigenvalue weighted by atomic mass is 15.3. The van der Waals surface area contributed by atoms with E-state index in [2.05, 4.69) is 65.6 Å². The first-order valence-electron chi connectivity index (χ1n) is 7.14. The Morgan fingerprint density at radius 1 is 1.16 bits per heavy atom. The second kappa shape index (κ2) is 7.19. The van der Waals surface area contributed by atoms with Gasteiger partial charge in [-0.2, -0.15) is 0 Å². The Hall–Kier alpha value is -1.48. The molecule has 0 saturated heterocycles. The van der Waals surface area contributed by atoms with Crippen LogP contribution in [0.15, 0.2) is 42.2 Å². The number of hydrogen-bond donors (Lipinski definition) is 1. The minimum Gasteiger partial charge on any atom is -0.361 e. The Bertz CT molecular complexity index is 400. The lowest BCUT2D eigenvalue weighted by Gasteiger charge is -2.20. The van der Waals surface area contributed by atoms with E-state index in [4.69, 9.17) is 0 Å². The van der Waals surface area contributed by atoms with Gasteiger partial charge in [-0.1, -0.05) is 30.3 Å². The van der Waals surface area contributed by atoms with E-state index in [0.717, 1.165) is 32.7 Å². The Morgan fingerprint density at radius 2 is 1.95 bits per heavy atom. The summed E-state index contributed by atoms with van der Waals surface area (Å²) in [7, 11) is 2.13. The van der Waals surface area contributed by atoms with E-state index >= 15 is 0 Å². The SMILES string of the molecule is CC1=CN(C)CN1CCCNCCc1ccccc1. The van der Waals surface area contributed by atoms with Crippen LogP contribution in [0.4, 0.5) is 0 Å². The van der Waals surface area contributed by atoms with E-state index in [0.29, 0.717) is 0 Å². The minimum atomic E-state index is 1.04. The maximum absolute atomic E-state index is 3.52. The molecule has 0 bridgehead atoms. The van der Waals surface area contributed by atoms with E-state index in [1.807, 2.05) is 0 Å². The van der Waals surface area contributed by atoms with Crippen LogP contribution >= 0.6 is 0 Å². The zero-order chi connectivity index (χ0) is 13.5. The summed E-state index contributed by atoms with van der Waals surface area (Å²) in [6, 6.07) is 10.7. The number of nitrogens with zero attached hydrogens (tertiary/aromatic N) is 2. The van der Waals surface area contributed by atoms with Crippen LogP contribution in [0.2, 0.25) is 0 Å². The van der Waals surface area contributed by atoms with Crippen LogP contribution < -0.4 is 5.32 Å². The van der Waals surface area contributed by atoms with Crippen LogP contribution in [-0.2, 0) is 6.42 Å². The van der Waals surface area contributed by atoms with Gasteiger partial charge >= 0.3 is 0 Å². The third-order valence-corrected chi connectivity index (χ3v) is 3.51. The average molecular weight is 259 g/mol. The van der Waals surface area contributed by atoms with Gasteiger partial charge < -0.3 is 15.1 Å². The molecular weight excluding hydrogens is 234 g/mol. The second-order valence-electron chi connectivity index (χ2n) is 5.27. The zero-order valence-corrected chi connectivity index (χ0v) is 12.1. The lowest BCUT2D eigenvalue weighted by molar-refractivity contribution is 0.279. The second-order valence-corrected chi connectivity index (χ2v) is 5.27. The first-order valence-corrected chi connectivity index (χ1v) is 7.14. The molecule has 0 atom stereocenters. The molecule has 0 spiro atoms. The predicted molar refractivity (Wildman–Crippen MR) is 80.7 cm³/mol. The Labute approximate surface area is 116 Å². The molecule has 0 radical (unpaired) electrons. The highest BCUT2D eigenvalue weighted by Gasteiger charge is 2.13. The van der Waals surface area contributed by atoms with Crippen molar-refractivity contribution >= 4 is 0 Å². The molecule has 0 amide bonds. The topological polar surface area (TPSA) is 18.5 Å². The first kappa shape index (κ1) is 13.9. The van der Waals surface area contributed by atoms with Crippen LogP contribution in [-0.4, -0.2) is 43.2 Å². The highest BCUT2D eigenvalue weighted by molar-refractivity contribution is 5.14. The number of nitrogens with one attached hydrogen (secondary N) is 1. The molecule has 0 aromatic heterocycles. The molecule has 0 aliphatic carbocycles. The maximum atomic E-state index is 3.52. The summed E-state index contributed by atoms with van der Waals surface area (Å²) in [5, 5.41) is 3.52. The number of rotatable bonds is 7. The van der Waals surface area contributed by atoms with E-state index in [9.17, 15) is 0 Å². The van der Waals surface area contributed by atoms with Crippen molar-refractivity contribution in [3.8, 4) is 0 Å². The van der Waals surface area contributed by atoms with Crippen molar-refractivity contribution in [2.45, 2.75) is 19.8 Å². The summed E-state index contributed by atoms with van der Waals surface area (Å²) >= 11 is 0. The van der Waals surface area contributed by atoms with Crippen molar-refractivity contribution in [3.63, 3.8) is 0 Å². The third-order valence-electron chi connectivity index (χ3n) is 3.51. The molecule has 1 aliphatic rings. The largest absolute Gasteiger partial charge is 0.361 e. The molecule has 1 aromatic carbocycles. The summed E-state index contributed by atoms with van der Waals surface area (Å²) in [5.41, 5.74) is 2.79. The molecule has 1 heterocycles. The van der Waals surface area contributed by atoms with Gasteiger partial charge in [-0.15, -0.1) is 0 Å². The van der Waals surface area contributed by atoms with E-state index in [1.54, 1.807) is 0 Å². The van der Waals surface area contributed by atoms with Crippen LogP contribution in [0.5, 0.6) is 0 Å². The van der Waals surface area contributed by atoms with Gasteiger partial charge in [0.25, 0.3) is 0 Å². The Kier molecular flexibility index (Phi) is 5.28. The quantitative estimate of drug-likeness (QED) is 0.758. The smallest absolute Gasteiger partial charge is 0.0893 e. The fourth-order valence-electron chi connectivity index (χ4n) is 2.47.